The summed E-state index contributed by atoms with van der Waals surface area (Å²) in [5, 5.41) is 20.4. The lowest BCUT2D eigenvalue weighted by molar-refractivity contribution is -0.0507. The van der Waals surface area contributed by atoms with E-state index >= 15 is 0 Å². The van der Waals surface area contributed by atoms with Crippen molar-refractivity contribution in [2.45, 2.75) is 49.7 Å². The summed E-state index contributed by atoms with van der Waals surface area (Å²) in [7, 11) is 0. The predicted octanol–water partition coefficient (Wildman–Crippen LogP) is -2.04. The summed E-state index contributed by atoms with van der Waals surface area (Å²) in [5.41, 5.74) is 10.7. The van der Waals surface area contributed by atoms with Crippen molar-refractivity contribution in [3.05, 3.63) is 33.4 Å². The lowest BCUT2D eigenvalue weighted by Crippen LogP contribution is -2.29. The minimum atomic E-state index is -3.93. The first-order valence-electron chi connectivity index (χ1n) is 12.2. The average molecular weight is 613 g/mol. The minimum Gasteiger partial charge on any atom is -0.394 e. The second-order valence-corrected chi connectivity index (χ2v) is 12.2. The van der Waals surface area contributed by atoms with Gasteiger partial charge in [0.05, 0.1) is 38.1 Å². The van der Waals surface area contributed by atoms with Crippen LogP contribution in [0.4, 0.5) is 11.9 Å². The van der Waals surface area contributed by atoms with Crippen molar-refractivity contribution in [1.82, 2.24) is 39.0 Å². The fraction of sp³-hybridized carbons (Fsp3) is 0.500. The van der Waals surface area contributed by atoms with Gasteiger partial charge in [-0.15, -0.1) is 0 Å². The summed E-state index contributed by atoms with van der Waals surface area (Å²) >= 11 is 5.18. The number of aromatic amines is 2. The molecule has 0 saturated carbocycles. The number of aliphatic hydroxyl groups is 2. The molecule has 0 amide bonds. The highest BCUT2D eigenvalue weighted by Gasteiger charge is 2.42. The van der Waals surface area contributed by atoms with Gasteiger partial charge < -0.3 is 45.1 Å². The molecule has 0 aromatic carbocycles. The molecule has 0 aliphatic carbocycles. The highest BCUT2D eigenvalue weighted by Crippen LogP contribution is 2.49. The number of nitrogens with one attached hydrogen (secondary N) is 2. The first-order valence-corrected chi connectivity index (χ1v) is 14.8. The minimum absolute atomic E-state index is 0.0477. The molecule has 4 aromatic rings. The van der Waals surface area contributed by atoms with Gasteiger partial charge >= 0.3 is 6.72 Å². The highest BCUT2D eigenvalue weighted by atomic mass is 32.5. The molecule has 4 aromatic heterocycles. The number of rotatable bonds is 8. The summed E-state index contributed by atoms with van der Waals surface area (Å²) in [6.45, 7) is -4.72. The number of nitrogens with two attached hydrogens (primary N) is 2. The maximum absolute atomic E-state index is 12.1. The number of nitrogens with zero attached hydrogens (tertiary/aromatic N) is 6. The molecule has 21 heteroatoms. The molecule has 7 atom stereocenters. The Labute approximate surface area is 233 Å². The smallest absolute Gasteiger partial charge is 0.324 e. The van der Waals surface area contributed by atoms with Crippen LogP contribution in [0.25, 0.3) is 22.3 Å². The molecule has 2 fully saturated rings. The number of H-pyrrole nitrogens is 2. The van der Waals surface area contributed by atoms with Crippen molar-refractivity contribution < 1.29 is 33.6 Å². The molecule has 6 heterocycles. The summed E-state index contributed by atoms with van der Waals surface area (Å²) in [6, 6.07) is 0. The van der Waals surface area contributed by atoms with Gasteiger partial charge in [-0.3, -0.25) is 28.7 Å². The van der Waals surface area contributed by atoms with Gasteiger partial charge in [-0.2, -0.15) is 9.97 Å². The summed E-state index contributed by atoms with van der Waals surface area (Å²) in [5.74, 6) is -0.211. The van der Waals surface area contributed by atoms with Crippen LogP contribution >= 0.6 is 6.72 Å². The first-order chi connectivity index (χ1) is 19.5. The van der Waals surface area contributed by atoms with Crippen molar-refractivity contribution >= 4 is 52.7 Å². The van der Waals surface area contributed by atoms with Crippen molar-refractivity contribution in [2.75, 3.05) is 24.7 Å². The molecule has 220 valence electrons. The number of aromatic nitrogens is 8. The number of aliphatic hydroxyl groups excluding tert-OH is 2. The molecule has 0 spiro atoms. The molecule has 2 aliphatic rings. The van der Waals surface area contributed by atoms with Gasteiger partial charge in [-0.05, 0) is 11.8 Å². The van der Waals surface area contributed by atoms with E-state index in [1.54, 1.807) is 0 Å². The third kappa shape index (κ3) is 5.25. The van der Waals surface area contributed by atoms with Crippen LogP contribution in [0.1, 0.15) is 25.3 Å². The van der Waals surface area contributed by atoms with E-state index in [0.29, 0.717) is 0 Å². The largest absolute Gasteiger partial charge is 0.394 e. The van der Waals surface area contributed by atoms with Crippen LogP contribution in [0.3, 0.4) is 0 Å². The molecule has 7 unspecified atom stereocenters. The zero-order valence-electron chi connectivity index (χ0n) is 20.9. The first kappa shape index (κ1) is 27.8. The van der Waals surface area contributed by atoms with Crippen LogP contribution in [0.2, 0.25) is 0 Å². The third-order valence-electron chi connectivity index (χ3n) is 6.76. The van der Waals surface area contributed by atoms with E-state index < -0.39 is 61.3 Å². The maximum Gasteiger partial charge on any atom is 0.324 e. The second-order valence-electron chi connectivity index (χ2n) is 9.44. The Balaban J connectivity index is 1.11. The molecule has 0 radical (unpaired) electrons. The highest BCUT2D eigenvalue weighted by molar-refractivity contribution is 8.07. The molecule has 6 rings (SSSR count). The molecule has 19 nitrogen and oxygen atoms in total. The molecule has 2 saturated heterocycles. The third-order valence-corrected chi connectivity index (χ3v) is 8.34. The van der Waals surface area contributed by atoms with E-state index in [-0.39, 0.29) is 53.7 Å². The van der Waals surface area contributed by atoms with E-state index in [0.717, 1.165) is 0 Å². The number of ether oxygens (including phenoxy) is 2. The standard InChI is InChI=1S/C20H25N10O9PS/c21-19-25-15-13(17(33)27-19)23-5-29(15)11-1-7(32)10(38-11)4-36-40(35,41)39-8-2-12(37-9(8)3-31)30-6-24-14-16(30)26-20(22)28-18(14)34/h5-12,31-32H,1-4H2,(H,35,41)(H3,21,25,27,33)(H3,22,26,28,34). The number of imidazole rings is 2. The van der Waals surface area contributed by atoms with E-state index in [1.807, 2.05) is 0 Å². The van der Waals surface area contributed by atoms with Crippen molar-refractivity contribution in [2.24, 2.45) is 0 Å². The van der Waals surface area contributed by atoms with Crippen LogP contribution in [0, 0.1) is 0 Å². The van der Waals surface area contributed by atoms with Crippen LogP contribution in [-0.4, -0.2) is 91.8 Å². The Hall–Kier alpha value is -3.33. The average Bonchev–Trinajstić information content (AvgIpc) is 3.67. The van der Waals surface area contributed by atoms with Gasteiger partial charge in [0, 0.05) is 12.8 Å². The fourth-order valence-electron chi connectivity index (χ4n) is 4.86. The summed E-state index contributed by atoms with van der Waals surface area (Å²) < 4.78 is 25.8. The summed E-state index contributed by atoms with van der Waals surface area (Å²) in [4.78, 5) is 55.9. The van der Waals surface area contributed by atoms with E-state index in [9.17, 15) is 24.7 Å². The molecule has 0 bridgehead atoms. The Morgan fingerprint density at radius 1 is 1.00 bits per heavy atom. The topological polar surface area (TPSA) is 277 Å². The number of nitrogen functional groups attached to an aromatic ring is 2. The van der Waals surface area contributed by atoms with Crippen LogP contribution < -0.4 is 22.6 Å². The predicted molar refractivity (Wildman–Crippen MR) is 143 cm³/mol. The van der Waals surface area contributed by atoms with Crippen molar-refractivity contribution in [1.29, 1.82) is 0 Å². The number of hydrogen-bond acceptors (Lipinski definition) is 15. The number of fused-ring (bicyclic) bond motifs is 2. The van der Waals surface area contributed by atoms with Crippen LogP contribution in [0.15, 0.2) is 22.2 Å². The number of hydrogen-bond donors (Lipinski definition) is 7. The molecular weight excluding hydrogens is 587 g/mol. The van der Waals surface area contributed by atoms with Gasteiger partial charge in [0.1, 0.15) is 24.7 Å². The Morgan fingerprint density at radius 3 is 2.10 bits per heavy atom. The maximum atomic E-state index is 12.1. The van der Waals surface area contributed by atoms with Gasteiger partial charge in [0.25, 0.3) is 11.1 Å². The quantitative estimate of drug-likeness (QED) is 0.106. The van der Waals surface area contributed by atoms with E-state index in [4.69, 9.17) is 41.8 Å². The van der Waals surface area contributed by atoms with Crippen molar-refractivity contribution in [3.63, 3.8) is 0 Å². The fourth-order valence-corrected chi connectivity index (χ4v) is 6.33. The Kier molecular flexibility index (Phi) is 7.12. The molecular formula is C20H25N10O9PS. The lowest BCUT2D eigenvalue weighted by Gasteiger charge is -2.24. The summed E-state index contributed by atoms with van der Waals surface area (Å²) in [6.07, 6.45) is -2.35. The zero-order chi connectivity index (χ0) is 29.1. The van der Waals surface area contributed by atoms with Crippen LogP contribution in [-0.2, 0) is 30.3 Å². The van der Waals surface area contributed by atoms with Gasteiger partial charge in [0.15, 0.2) is 22.3 Å². The lowest BCUT2D eigenvalue weighted by atomic mass is 10.2. The van der Waals surface area contributed by atoms with Crippen molar-refractivity contribution in [3.8, 4) is 0 Å². The SMILES string of the molecule is Nc1nc2c(ncn2C2CC(O)C(COP(O)(=S)OC3CC(n4cnc5c(=O)[nH]c(N)nc54)OC3CO)O2)c(=O)[nH]1. The van der Waals surface area contributed by atoms with Gasteiger partial charge in [-0.25, -0.2) is 9.97 Å². The Bertz CT molecular complexity index is 1770. The zero-order valence-corrected chi connectivity index (χ0v) is 22.6. The molecule has 2 aliphatic heterocycles. The van der Waals surface area contributed by atoms with Crippen LogP contribution in [0.5, 0.6) is 0 Å². The monoisotopic (exact) mass is 612 g/mol. The van der Waals surface area contributed by atoms with Gasteiger partial charge in [0.2, 0.25) is 11.9 Å². The normalized spacial score (nSPS) is 28.1. The molecule has 41 heavy (non-hydrogen) atoms. The number of anilines is 2. The molecule has 9 N–H and O–H groups in total. The van der Waals surface area contributed by atoms with E-state index in [1.165, 1.54) is 21.8 Å². The Morgan fingerprint density at radius 2 is 1.54 bits per heavy atom. The second kappa shape index (κ2) is 10.5. The van der Waals surface area contributed by atoms with Gasteiger partial charge in [-0.1, -0.05) is 0 Å². The van der Waals surface area contributed by atoms with E-state index in [2.05, 4.69) is 29.9 Å².